The average molecular weight is 458 g/mol. The van der Waals surface area contributed by atoms with Crippen LogP contribution in [-0.4, -0.2) is 43.7 Å². The molecule has 1 aliphatic heterocycles. The van der Waals surface area contributed by atoms with Crippen LogP contribution in [0.5, 0.6) is 0 Å². The molecule has 0 aliphatic carbocycles. The summed E-state index contributed by atoms with van der Waals surface area (Å²) in [7, 11) is -3.60. The van der Waals surface area contributed by atoms with Gasteiger partial charge in [0.25, 0.3) is 0 Å². The monoisotopic (exact) mass is 457 g/mol. The molecule has 172 valence electrons. The zero-order valence-corrected chi connectivity index (χ0v) is 19.5. The first-order valence-electron chi connectivity index (χ1n) is 11.1. The number of carbonyl (C=O) groups excluding carboxylic acids is 2. The van der Waals surface area contributed by atoms with Crippen molar-refractivity contribution in [2.45, 2.75) is 56.9 Å². The van der Waals surface area contributed by atoms with Gasteiger partial charge in [-0.05, 0) is 62.4 Å². The summed E-state index contributed by atoms with van der Waals surface area (Å²) in [6, 6.07) is 14.0. The molecule has 1 heterocycles. The molecular formula is C24H31N3O4S. The molecule has 2 N–H and O–H groups in total. The summed E-state index contributed by atoms with van der Waals surface area (Å²) in [5.74, 6) is -1.46. The van der Waals surface area contributed by atoms with Gasteiger partial charge in [0.15, 0.2) is 0 Å². The van der Waals surface area contributed by atoms with E-state index in [1.807, 2.05) is 26.0 Å². The summed E-state index contributed by atoms with van der Waals surface area (Å²) in [6.07, 6.45) is 3.83. The van der Waals surface area contributed by atoms with E-state index in [0.717, 1.165) is 36.8 Å². The molecule has 0 spiro atoms. The zero-order valence-electron chi connectivity index (χ0n) is 18.6. The number of benzene rings is 2. The fraction of sp³-hybridized carbons (Fsp3) is 0.417. The number of anilines is 1. The highest BCUT2D eigenvalue weighted by Gasteiger charge is 2.33. The Balaban J connectivity index is 1.55. The van der Waals surface area contributed by atoms with Gasteiger partial charge in [0.1, 0.15) is 0 Å². The van der Waals surface area contributed by atoms with Gasteiger partial charge in [-0.3, -0.25) is 9.59 Å². The minimum atomic E-state index is -3.60. The van der Waals surface area contributed by atoms with Crippen molar-refractivity contribution in [2.75, 3.05) is 18.4 Å². The first-order chi connectivity index (χ1) is 15.3. The summed E-state index contributed by atoms with van der Waals surface area (Å²) >= 11 is 0. The molecule has 2 aromatic rings. The van der Waals surface area contributed by atoms with Crippen molar-refractivity contribution in [3.8, 4) is 0 Å². The normalized spacial score (nSPS) is 17.0. The topological polar surface area (TPSA) is 95.6 Å². The number of nitrogens with one attached hydrogen (secondary N) is 2. The molecule has 0 radical (unpaired) electrons. The lowest BCUT2D eigenvalue weighted by atomic mass is 10.0. The fourth-order valence-electron chi connectivity index (χ4n) is 3.87. The smallest absolute Gasteiger partial charge is 0.313 e. The molecule has 7 nitrogen and oxygen atoms in total. The van der Waals surface area contributed by atoms with Gasteiger partial charge >= 0.3 is 11.8 Å². The van der Waals surface area contributed by atoms with Crippen LogP contribution in [0, 0.1) is 6.92 Å². The minimum Gasteiger partial charge on any atom is -0.348 e. The molecule has 8 heteroatoms. The number of amides is 2. The van der Waals surface area contributed by atoms with Gasteiger partial charge in [-0.2, -0.15) is 4.31 Å². The number of carbonyl (C=O) groups is 2. The third kappa shape index (κ3) is 5.95. The Bertz CT molecular complexity index is 1030. The summed E-state index contributed by atoms with van der Waals surface area (Å²) in [6.45, 7) is 4.65. The summed E-state index contributed by atoms with van der Waals surface area (Å²) < 4.78 is 27.8. The van der Waals surface area contributed by atoms with Gasteiger partial charge in [0, 0.05) is 24.8 Å². The number of rotatable bonds is 7. The van der Waals surface area contributed by atoms with Gasteiger partial charge in [-0.1, -0.05) is 43.2 Å². The largest absolute Gasteiger partial charge is 0.348 e. The standard InChI is InChI=1S/C24H31N3O4S/c1-3-19-9-11-20(12-10-19)26-24(29)23(28)25-16-15-21-6-4-5-17-27(21)32(30,31)22-13-7-18(2)8-14-22/h7-14,21H,3-6,15-17H2,1-2H3,(H,25,28)(H,26,29)/t21-/m0/s1. The SMILES string of the molecule is CCc1ccc(NC(=O)C(=O)NCC[C@@H]2CCCCN2S(=O)(=O)c2ccc(C)cc2)cc1. The number of hydrogen-bond donors (Lipinski definition) is 2. The fourth-order valence-corrected chi connectivity index (χ4v) is 5.59. The van der Waals surface area contributed by atoms with E-state index in [0.29, 0.717) is 18.7 Å². The van der Waals surface area contributed by atoms with Crippen LogP contribution in [0.1, 0.15) is 43.7 Å². The van der Waals surface area contributed by atoms with Crippen LogP contribution >= 0.6 is 0 Å². The van der Waals surface area contributed by atoms with E-state index < -0.39 is 21.8 Å². The molecule has 0 aromatic heterocycles. The Labute approximate surface area is 190 Å². The van der Waals surface area contributed by atoms with E-state index in [-0.39, 0.29) is 17.5 Å². The summed E-state index contributed by atoms with van der Waals surface area (Å²) in [5, 5.41) is 5.20. The van der Waals surface area contributed by atoms with E-state index in [1.165, 1.54) is 0 Å². The van der Waals surface area contributed by atoms with Crippen molar-refractivity contribution >= 4 is 27.5 Å². The highest BCUT2D eigenvalue weighted by Crippen LogP contribution is 2.27. The Morgan fingerprint density at radius 3 is 2.34 bits per heavy atom. The Hall–Kier alpha value is -2.71. The predicted molar refractivity (Wildman–Crippen MR) is 125 cm³/mol. The number of piperidine rings is 1. The van der Waals surface area contributed by atoms with Crippen LogP contribution in [-0.2, 0) is 26.0 Å². The zero-order chi connectivity index (χ0) is 23.1. The van der Waals surface area contributed by atoms with E-state index in [9.17, 15) is 18.0 Å². The van der Waals surface area contributed by atoms with Crippen LogP contribution in [0.2, 0.25) is 0 Å². The molecule has 32 heavy (non-hydrogen) atoms. The van der Waals surface area contributed by atoms with Crippen LogP contribution in [0.15, 0.2) is 53.4 Å². The molecule has 3 rings (SSSR count). The predicted octanol–water partition coefficient (Wildman–Crippen LogP) is 3.25. The Morgan fingerprint density at radius 2 is 1.69 bits per heavy atom. The van der Waals surface area contributed by atoms with Crippen LogP contribution in [0.3, 0.4) is 0 Å². The van der Waals surface area contributed by atoms with Crippen LogP contribution < -0.4 is 10.6 Å². The lowest BCUT2D eigenvalue weighted by molar-refractivity contribution is -0.136. The van der Waals surface area contributed by atoms with Gasteiger partial charge < -0.3 is 10.6 Å². The summed E-state index contributed by atoms with van der Waals surface area (Å²) in [4.78, 5) is 24.6. The minimum absolute atomic E-state index is 0.208. The molecule has 0 bridgehead atoms. The average Bonchev–Trinajstić information content (AvgIpc) is 2.80. The molecule has 1 aliphatic rings. The van der Waals surface area contributed by atoms with Gasteiger partial charge in [0.2, 0.25) is 10.0 Å². The number of aryl methyl sites for hydroxylation is 2. The lowest BCUT2D eigenvalue weighted by Crippen LogP contribution is -2.45. The highest BCUT2D eigenvalue weighted by molar-refractivity contribution is 7.89. The van der Waals surface area contributed by atoms with Gasteiger partial charge in [-0.15, -0.1) is 0 Å². The second kappa shape index (κ2) is 10.7. The maximum atomic E-state index is 13.1. The maximum absolute atomic E-state index is 13.1. The lowest BCUT2D eigenvalue weighted by Gasteiger charge is -2.34. The number of sulfonamides is 1. The second-order valence-electron chi connectivity index (χ2n) is 8.13. The van der Waals surface area contributed by atoms with Crippen molar-refractivity contribution in [1.29, 1.82) is 0 Å². The second-order valence-corrected chi connectivity index (χ2v) is 10.0. The van der Waals surface area contributed by atoms with Gasteiger partial charge in [-0.25, -0.2) is 8.42 Å². The van der Waals surface area contributed by atoms with Crippen molar-refractivity contribution in [3.63, 3.8) is 0 Å². The maximum Gasteiger partial charge on any atom is 0.313 e. The molecule has 1 fully saturated rings. The number of hydrogen-bond acceptors (Lipinski definition) is 4. The molecule has 0 unspecified atom stereocenters. The summed E-state index contributed by atoms with van der Waals surface area (Å²) in [5.41, 5.74) is 2.71. The van der Waals surface area contributed by atoms with Gasteiger partial charge in [0.05, 0.1) is 4.90 Å². The highest BCUT2D eigenvalue weighted by atomic mass is 32.2. The third-order valence-corrected chi connectivity index (χ3v) is 7.76. The Morgan fingerprint density at radius 1 is 1.00 bits per heavy atom. The first kappa shape index (κ1) is 23.9. The van der Waals surface area contributed by atoms with E-state index in [2.05, 4.69) is 10.6 Å². The Kier molecular flexibility index (Phi) is 8.04. The van der Waals surface area contributed by atoms with Crippen molar-refractivity contribution in [3.05, 3.63) is 59.7 Å². The third-order valence-electron chi connectivity index (χ3n) is 5.79. The van der Waals surface area contributed by atoms with E-state index >= 15 is 0 Å². The molecule has 1 atom stereocenters. The van der Waals surface area contributed by atoms with E-state index in [1.54, 1.807) is 40.7 Å². The molecule has 1 saturated heterocycles. The molecular weight excluding hydrogens is 426 g/mol. The molecule has 2 amide bonds. The number of nitrogens with zero attached hydrogens (tertiary/aromatic N) is 1. The van der Waals surface area contributed by atoms with Crippen molar-refractivity contribution in [2.24, 2.45) is 0 Å². The quantitative estimate of drug-likeness (QED) is 0.624. The van der Waals surface area contributed by atoms with Crippen molar-refractivity contribution < 1.29 is 18.0 Å². The molecule has 0 saturated carbocycles. The van der Waals surface area contributed by atoms with Crippen LogP contribution in [0.4, 0.5) is 5.69 Å². The van der Waals surface area contributed by atoms with Crippen LogP contribution in [0.25, 0.3) is 0 Å². The van der Waals surface area contributed by atoms with Crippen molar-refractivity contribution in [1.82, 2.24) is 9.62 Å². The molecule has 2 aromatic carbocycles. The first-order valence-corrected chi connectivity index (χ1v) is 12.5. The van der Waals surface area contributed by atoms with E-state index in [4.69, 9.17) is 0 Å².